The molecule has 2 heterocycles. The molecule has 0 bridgehead atoms. The molecule has 0 aliphatic carbocycles. The Labute approximate surface area is 173 Å². The van der Waals surface area contributed by atoms with Gasteiger partial charge < -0.3 is 9.88 Å². The van der Waals surface area contributed by atoms with E-state index in [2.05, 4.69) is 15.4 Å². The summed E-state index contributed by atoms with van der Waals surface area (Å²) >= 11 is 1.69. The molecule has 4 aromatic rings. The maximum Gasteiger partial charge on any atom is 0.240 e. The van der Waals surface area contributed by atoms with Crippen molar-refractivity contribution in [3.63, 3.8) is 0 Å². The van der Waals surface area contributed by atoms with E-state index < -0.39 is 0 Å². The lowest BCUT2D eigenvalue weighted by Crippen LogP contribution is -2.34. The second-order valence-corrected chi connectivity index (χ2v) is 7.55. The van der Waals surface area contributed by atoms with Gasteiger partial charge in [-0.05, 0) is 24.0 Å². The number of benzene rings is 2. The molecule has 2 aromatic heterocycles. The van der Waals surface area contributed by atoms with Gasteiger partial charge in [0.25, 0.3) is 0 Å². The zero-order valence-corrected chi connectivity index (χ0v) is 16.9. The van der Waals surface area contributed by atoms with Crippen LogP contribution in [0.1, 0.15) is 17.4 Å². The highest BCUT2D eigenvalue weighted by Gasteiger charge is 2.18. The Morgan fingerprint density at radius 1 is 1.14 bits per heavy atom. The molecular formula is C21H22N6OS. The summed E-state index contributed by atoms with van der Waals surface area (Å²) in [6.45, 7) is 0.731. The zero-order chi connectivity index (χ0) is 20.1. The third-order valence-corrected chi connectivity index (χ3v) is 5.23. The molecule has 0 aliphatic heterocycles. The Morgan fingerprint density at radius 2 is 1.93 bits per heavy atom. The van der Waals surface area contributed by atoms with Crippen LogP contribution in [-0.2, 0) is 23.6 Å². The third kappa shape index (κ3) is 4.48. The van der Waals surface area contributed by atoms with Gasteiger partial charge in [-0.2, -0.15) is 16.9 Å². The van der Waals surface area contributed by atoms with Gasteiger partial charge in [0, 0.05) is 0 Å². The number of nitrogens with one attached hydrogen (secondary N) is 1. The van der Waals surface area contributed by atoms with E-state index in [4.69, 9.17) is 4.98 Å². The Bertz CT molecular complexity index is 1080. The number of para-hydroxylation sites is 2. The Morgan fingerprint density at radius 3 is 2.69 bits per heavy atom. The quantitative estimate of drug-likeness (QED) is 0.487. The fourth-order valence-electron chi connectivity index (χ4n) is 3.36. The first-order valence-corrected chi connectivity index (χ1v) is 10.7. The van der Waals surface area contributed by atoms with E-state index in [9.17, 15) is 4.79 Å². The SMILES string of the molecule is CSCc1nc2ccccc2n1CC(=O)NC(Cn1cncn1)c1ccccc1. The number of imidazole rings is 1. The Hall–Kier alpha value is -3.13. The highest BCUT2D eigenvalue weighted by Crippen LogP contribution is 2.20. The molecule has 1 atom stereocenters. The molecule has 1 unspecified atom stereocenters. The van der Waals surface area contributed by atoms with Crippen molar-refractivity contribution < 1.29 is 4.79 Å². The van der Waals surface area contributed by atoms with Crippen molar-refractivity contribution in [1.82, 2.24) is 29.6 Å². The number of amides is 1. The number of carbonyl (C=O) groups excluding carboxylic acids is 1. The largest absolute Gasteiger partial charge is 0.346 e. The number of hydrogen-bond acceptors (Lipinski definition) is 5. The molecule has 8 heteroatoms. The second-order valence-electron chi connectivity index (χ2n) is 6.68. The van der Waals surface area contributed by atoms with E-state index in [1.54, 1.807) is 22.8 Å². The number of hydrogen-bond donors (Lipinski definition) is 1. The van der Waals surface area contributed by atoms with Crippen molar-refractivity contribution in [2.45, 2.75) is 24.9 Å². The first-order chi connectivity index (χ1) is 14.2. The van der Waals surface area contributed by atoms with Crippen LogP contribution in [0.2, 0.25) is 0 Å². The van der Waals surface area contributed by atoms with Gasteiger partial charge in [0.2, 0.25) is 5.91 Å². The van der Waals surface area contributed by atoms with Crippen molar-refractivity contribution in [1.29, 1.82) is 0 Å². The summed E-state index contributed by atoms with van der Waals surface area (Å²) in [5, 5.41) is 7.34. The van der Waals surface area contributed by atoms with Gasteiger partial charge in [-0.15, -0.1) is 0 Å². The van der Waals surface area contributed by atoms with Gasteiger partial charge in [0.15, 0.2) is 0 Å². The normalized spacial score (nSPS) is 12.2. The molecule has 29 heavy (non-hydrogen) atoms. The van der Waals surface area contributed by atoms with Gasteiger partial charge >= 0.3 is 0 Å². The van der Waals surface area contributed by atoms with Crippen LogP contribution >= 0.6 is 11.8 Å². The molecule has 0 radical (unpaired) electrons. The lowest BCUT2D eigenvalue weighted by Gasteiger charge is -2.20. The molecule has 148 valence electrons. The number of carbonyl (C=O) groups is 1. The average Bonchev–Trinajstić information content (AvgIpc) is 3.37. The maximum atomic E-state index is 13.0. The monoisotopic (exact) mass is 406 g/mol. The van der Waals surface area contributed by atoms with Crippen LogP contribution < -0.4 is 5.32 Å². The first-order valence-electron chi connectivity index (χ1n) is 9.34. The predicted molar refractivity (Wildman–Crippen MR) is 114 cm³/mol. The van der Waals surface area contributed by atoms with Crippen LogP contribution in [0.5, 0.6) is 0 Å². The summed E-state index contributed by atoms with van der Waals surface area (Å²) in [5.41, 5.74) is 2.90. The Kier molecular flexibility index (Phi) is 5.90. The van der Waals surface area contributed by atoms with Crippen molar-refractivity contribution in [2.24, 2.45) is 0 Å². The fraction of sp³-hybridized carbons (Fsp3) is 0.238. The molecule has 0 saturated carbocycles. The Balaban J connectivity index is 1.57. The fourth-order valence-corrected chi connectivity index (χ4v) is 3.84. The summed E-state index contributed by atoms with van der Waals surface area (Å²) in [5.74, 6) is 1.59. The maximum absolute atomic E-state index is 13.0. The first kappa shape index (κ1) is 19.2. The topological polar surface area (TPSA) is 77.6 Å². The molecule has 0 saturated heterocycles. The second kappa shape index (κ2) is 8.91. The van der Waals surface area contributed by atoms with Crippen LogP contribution in [0.4, 0.5) is 0 Å². The summed E-state index contributed by atoms with van der Waals surface area (Å²) in [6.07, 6.45) is 5.19. The van der Waals surface area contributed by atoms with E-state index in [0.29, 0.717) is 6.54 Å². The van der Waals surface area contributed by atoms with Gasteiger partial charge in [0.05, 0.1) is 29.4 Å². The lowest BCUT2D eigenvalue weighted by molar-refractivity contribution is -0.122. The highest BCUT2D eigenvalue weighted by molar-refractivity contribution is 7.97. The van der Waals surface area contributed by atoms with E-state index in [1.807, 2.05) is 65.4 Å². The summed E-state index contributed by atoms with van der Waals surface area (Å²) < 4.78 is 3.72. The van der Waals surface area contributed by atoms with E-state index in [0.717, 1.165) is 28.2 Å². The van der Waals surface area contributed by atoms with Crippen molar-refractivity contribution in [3.05, 3.63) is 78.6 Å². The molecule has 1 amide bonds. The number of rotatable bonds is 8. The van der Waals surface area contributed by atoms with Gasteiger partial charge in [-0.25, -0.2) is 9.97 Å². The summed E-state index contributed by atoms with van der Waals surface area (Å²) in [6, 6.07) is 17.6. The minimum absolute atomic E-state index is 0.0653. The van der Waals surface area contributed by atoms with Crippen LogP contribution in [0, 0.1) is 0 Å². The van der Waals surface area contributed by atoms with E-state index in [1.165, 1.54) is 6.33 Å². The van der Waals surface area contributed by atoms with Crippen LogP contribution in [0.25, 0.3) is 11.0 Å². The average molecular weight is 407 g/mol. The van der Waals surface area contributed by atoms with Gasteiger partial charge in [-0.1, -0.05) is 42.5 Å². The van der Waals surface area contributed by atoms with Crippen LogP contribution in [0.15, 0.2) is 67.3 Å². The van der Waals surface area contributed by atoms with Crippen molar-refractivity contribution in [3.8, 4) is 0 Å². The van der Waals surface area contributed by atoms with Crippen LogP contribution in [-0.4, -0.2) is 36.5 Å². The highest BCUT2D eigenvalue weighted by atomic mass is 32.2. The number of fused-ring (bicyclic) bond motifs is 1. The summed E-state index contributed by atoms with van der Waals surface area (Å²) in [4.78, 5) is 21.7. The molecular weight excluding hydrogens is 384 g/mol. The summed E-state index contributed by atoms with van der Waals surface area (Å²) in [7, 11) is 0. The third-order valence-electron chi connectivity index (χ3n) is 4.68. The molecule has 0 aliphatic rings. The number of nitrogens with zero attached hydrogens (tertiary/aromatic N) is 5. The van der Waals surface area contributed by atoms with Crippen molar-refractivity contribution >= 4 is 28.7 Å². The smallest absolute Gasteiger partial charge is 0.240 e. The van der Waals surface area contributed by atoms with Gasteiger partial charge in [0.1, 0.15) is 25.0 Å². The minimum Gasteiger partial charge on any atom is -0.346 e. The minimum atomic E-state index is -0.204. The van der Waals surface area contributed by atoms with E-state index >= 15 is 0 Å². The van der Waals surface area contributed by atoms with Crippen LogP contribution in [0.3, 0.4) is 0 Å². The van der Waals surface area contributed by atoms with Crippen molar-refractivity contribution in [2.75, 3.05) is 6.26 Å². The predicted octanol–water partition coefficient (Wildman–Crippen LogP) is 3.05. The number of thioether (sulfide) groups is 1. The molecule has 1 N–H and O–H groups in total. The van der Waals surface area contributed by atoms with E-state index in [-0.39, 0.29) is 18.5 Å². The molecule has 0 fully saturated rings. The lowest BCUT2D eigenvalue weighted by atomic mass is 10.1. The standard InChI is InChI=1S/C21H22N6OS/c1-29-13-20-24-17-9-5-6-10-19(17)27(20)12-21(28)25-18(11-26-15-22-14-23-26)16-7-3-2-4-8-16/h2-10,14-15,18H,11-13H2,1H3,(H,25,28). The molecule has 2 aromatic carbocycles. The molecule has 7 nitrogen and oxygen atoms in total. The number of aromatic nitrogens is 5. The van der Waals surface area contributed by atoms with Gasteiger partial charge in [-0.3, -0.25) is 9.48 Å². The molecule has 0 spiro atoms. The molecule has 4 rings (SSSR count). The zero-order valence-electron chi connectivity index (χ0n) is 16.1.